The molecule has 0 amide bonds. The molecule has 0 aromatic heterocycles. The van der Waals surface area contributed by atoms with Crippen molar-refractivity contribution in [1.29, 1.82) is 0 Å². The number of carbonyl (C=O) groups excluding carboxylic acids is 1. The number of hydrogen-bond acceptors (Lipinski definition) is 5. The smallest absolute Gasteiger partial charge is 0.330 e. The van der Waals surface area contributed by atoms with Gasteiger partial charge in [0, 0.05) is 12.6 Å². The molecule has 0 aliphatic heterocycles. The van der Waals surface area contributed by atoms with E-state index in [0.29, 0.717) is 18.1 Å². The first-order chi connectivity index (χ1) is 10.6. The Morgan fingerprint density at radius 3 is 2.35 bits per heavy atom. The second kappa shape index (κ2) is 11.8. The average Bonchev–Trinajstić information content (AvgIpc) is 2.56. The normalized spacial score (nSPS) is 10.5. The molecule has 6 heteroatoms. The highest BCUT2D eigenvalue weighted by atomic mass is 35.5. The van der Waals surface area contributed by atoms with Crippen LogP contribution in [-0.4, -0.2) is 51.3 Å². The monoisotopic (exact) mass is 343 g/mol. The van der Waals surface area contributed by atoms with Gasteiger partial charge in [-0.1, -0.05) is 19.9 Å². The lowest BCUT2D eigenvalue weighted by atomic mass is 10.2. The third kappa shape index (κ3) is 7.39. The Morgan fingerprint density at radius 2 is 1.78 bits per heavy atom. The summed E-state index contributed by atoms with van der Waals surface area (Å²) in [5.41, 5.74) is 0.846. The molecule has 0 saturated carbocycles. The molecule has 130 valence electrons. The molecule has 5 nitrogen and oxygen atoms in total. The summed E-state index contributed by atoms with van der Waals surface area (Å²) in [6.07, 6.45) is 3.12. The van der Waals surface area contributed by atoms with Crippen molar-refractivity contribution in [3.05, 3.63) is 29.8 Å². The minimum atomic E-state index is -0.345. The number of halogens is 1. The zero-order valence-corrected chi connectivity index (χ0v) is 15.0. The van der Waals surface area contributed by atoms with Gasteiger partial charge in [-0.25, -0.2) is 4.79 Å². The first kappa shape index (κ1) is 21.3. The largest absolute Gasteiger partial charge is 0.493 e. The number of rotatable bonds is 9. The Labute approximate surface area is 144 Å². The highest BCUT2D eigenvalue weighted by molar-refractivity contribution is 5.87. The predicted molar refractivity (Wildman–Crippen MR) is 94.6 cm³/mol. The highest BCUT2D eigenvalue weighted by Gasteiger charge is 2.04. The number of esters is 1. The van der Waals surface area contributed by atoms with Gasteiger partial charge in [-0.3, -0.25) is 0 Å². The van der Waals surface area contributed by atoms with E-state index in [1.807, 2.05) is 6.07 Å². The lowest BCUT2D eigenvalue weighted by Gasteiger charge is -2.17. The van der Waals surface area contributed by atoms with Gasteiger partial charge in [-0.05, 0) is 36.9 Å². The minimum Gasteiger partial charge on any atom is -0.493 e. The van der Waals surface area contributed by atoms with Gasteiger partial charge in [0.05, 0.1) is 14.2 Å². The first-order valence-corrected chi connectivity index (χ1v) is 7.43. The second-order valence-electron chi connectivity index (χ2n) is 4.64. The predicted octanol–water partition coefficient (Wildman–Crippen LogP) is 3.02. The van der Waals surface area contributed by atoms with Gasteiger partial charge in [0.1, 0.15) is 6.61 Å². The fourth-order valence-electron chi connectivity index (χ4n) is 1.98. The summed E-state index contributed by atoms with van der Waals surface area (Å²) in [5.74, 6) is 0.933. The number of carbonyl (C=O) groups is 1. The van der Waals surface area contributed by atoms with Gasteiger partial charge in [0.2, 0.25) is 0 Å². The third-order valence-electron chi connectivity index (χ3n) is 3.37. The van der Waals surface area contributed by atoms with Crippen LogP contribution in [0.4, 0.5) is 0 Å². The molecule has 0 spiro atoms. The molecular formula is C17H26ClNO4. The van der Waals surface area contributed by atoms with Crippen LogP contribution in [0.15, 0.2) is 24.3 Å². The van der Waals surface area contributed by atoms with Crippen LogP contribution in [0, 0.1) is 0 Å². The van der Waals surface area contributed by atoms with Crippen LogP contribution in [0.1, 0.15) is 19.4 Å². The zero-order chi connectivity index (χ0) is 16.4. The van der Waals surface area contributed by atoms with Gasteiger partial charge in [0.15, 0.2) is 11.5 Å². The van der Waals surface area contributed by atoms with Crippen LogP contribution in [-0.2, 0) is 9.53 Å². The fraction of sp³-hybridized carbons (Fsp3) is 0.471. The summed E-state index contributed by atoms with van der Waals surface area (Å²) in [6.45, 7) is 7.23. The van der Waals surface area contributed by atoms with E-state index in [1.165, 1.54) is 6.08 Å². The second-order valence-corrected chi connectivity index (χ2v) is 4.64. The number of ether oxygens (including phenoxy) is 3. The molecule has 1 rings (SSSR count). The van der Waals surface area contributed by atoms with E-state index < -0.39 is 0 Å². The van der Waals surface area contributed by atoms with E-state index >= 15 is 0 Å². The van der Waals surface area contributed by atoms with Crippen LogP contribution in [0.25, 0.3) is 6.08 Å². The van der Waals surface area contributed by atoms with Crippen molar-refractivity contribution >= 4 is 24.5 Å². The number of benzene rings is 1. The Kier molecular flexibility index (Phi) is 10.9. The molecule has 0 heterocycles. The van der Waals surface area contributed by atoms with Crippen molar-refractivity contribution in [2.24, 2.45) is 0 Å². The maximum atomic E-state index is 11.7. The topological polar surface area (TPSA) is 48.0 Å². The molecule has 0 radical (unpaired) electrons. The van der Waals surface area contributed by atoms with Crippen LogP contribution < -0.4 is 9.47 Å². The van der Waals surface area contributed by atoms with Crippen molar-refractivity contribution < 1.29 is 19.0 Å². The van der Waals surface area contributed by atoms with Crippen LogP contribution in [0.2, 0.25) is 0 Å². The van der Waals surface area contributed by atoms with Gasteiger partial charge in [-0.2, -0.15) is 0 Å². The van der Waals surface area contributed by atoms with E-state index in [1.54, 1.807) is 32.4 Å². The number of hydrogen-bond donors (Lipinski definition) is 0. The lowest BCUT2D eigenvalue weighted by molar-refractivity contribution is -0.138. The molecule has 23 heavy (non-hydrogen) atoms. The van der Waals surface area contributed by atoms with Gasteiger partial charge < -0.3 is 19.1 Å². The van der Waals surface area contributed by atoms with Gasteiger partial charge in [0.25, 0.3) is 0 Å². The van der Waals surface area contributed by atoms with Crippen LogP contribution >= 0.6 is 12.4 Å². The summed E-state index contributed by atoms with van der Waals surface area (Å²) in [4.78, 5) is 13.9. The molecule has 0 fully saturated rings. The first-order valence-electron chi connectivity index (χ1n) is 7.43. The van der Waals surface area contributed by atoms with E-state index in [0.717, 1.165) is 25.2 Å². The molecule has 0 atom stereocenters. The van der Waals surface area contributed by atoms with Crippen molar-refractivity contribution in [1.82, 2.24) is 4.90 Å². The van der Waals surface area contributed by atoms with Gasteiger partial charge >= 0.3 is 5.97 Å². The third-order valence-corrected chi connectivity index (χ3v) is 3.37. The Bertz CT molecular complexity index is 501. The number of methoxy groups -OCH3 is 2. The summed E-state index contributed by atoms with van der Waals surface area (Å²) in [7, 11) is 3.16. The molecule has 0 aliphatic rings. The van der Waals surface area contributed by atoms with Crippen molar-refractivity contribution in [3.63, 3.8) is 0 Å². The Hall–Kier alpha value is -1.72. The van der Waals surface area contributed by atoms with E-state index in [4.69, 9.17) is 14.2 Å². The van der Waals surface area contributed by atoms with E-state index in [-0.39, 0.29) is 18.4 Å². The molecule has 0 saturated heterocycles. The SMILES string of the molecule is CCN(CC)CCOC(=O)/C=C/c1ccc(OC)c(OC)c1.Cl. The van der Waals surface area contributed by atoms with E-state index in [2.05, 4.69) is 18.7 Å². The Morgan fingerprint density at radius 1 is 1.13 bits per heavy atom. The maximum absolute atomic E-state index is 11.7. The summed E-state index contributed by atoms with van der Waals surface area (Å²) in [5, 5.41) is 0. The Balaban J connectivity index is 0.00000484. The molecule has 0 aliphatic carbocycles. The highest BCUT2D eigenvalue weighted by Crippen LogP contribution is 2.27. The van der Waals surface area contributed by atoms with Crippen molar-refractivity contribution in [2.75, 3.05) is 40.5 Å². The minimum absolute atomic E-state index is 0. The summed E-state index contributed by atoms with van der Waals surface area (Å²) >= 11 is 0. The van der Waals surface area contributed by atoms with E-state index in [9.17, 15) is 4.79 Å². The molecule has 0 N–H and O–H groups in total. The fourth-order valence-corrected chi connectivity index (χ4v) is 1.98. The molecule has 0 bridgehead atoms. The summed E-state index contributed by atoms with van der Waals surface area (Å²) in [6, 6.07) is 5.45. The van der Waals surface area contributed by atoms with Crippen molar-refractivity contribution in [3.8, 4) is 11.5 Å². The molecule has 1 aromatic carbocycles. The lowest BCUT2D eigenvalue weighted by Crippen LogP contribution is -2.27. The maximum Gasteiger partial charge on any atom is 0.330 e. The average molecular weight is 344 g/mol. The quantitative estimate of drug-likeness (QED) is 0.509. The summed E-state index contributed by atoms with van der Waals surface area (Å²) < 4.78 is 15.6. The van der Waals surface area contributed by atoms with Crippen molar-refractivity contribution in [2.45, 2.75) is 13.8 Å². The number of likely N-dealkylation sites (N-methyl/N-ethyl adjacent to an activating group) is 1. The molecular weight excluding hydrogens is 318 g/mol. The van der Waals surface area contributed by atoms with Crippen LogP contribution in [0.5, 0.6) is 11.5 Å². The molecule has 0 unspecified atom stereocenters. The van der Waals surface area contributed by atoms with Gasteiger partial charge in [-0.15, -0.1) is 12.4 Å². The van der Waals surface area contributed by atoms with Crippen LogP contribution in [0.3, 0.4) is 0 Å². The zero-order valence-electron chi connectivity index (χ0n) is 14.2. The number of nitrogens with zero attached hydrogens (tertiary/aromatic N) is 1. The standard InChI is InChI=1S/C17H25NO4.ClH/c1-5-18(6-2)11-12-22-17(19)10-8-14-7-9-15(20-3)16(13-14)21-4;/h7-10,13H,5-6,11-12H2,1-4H3;1H/b10-8+;. The molecule has 1 aromatic rings.